The second-order valence-corrected chi connectivity index (χ2v) is 4.42. The molecular formula is C6H12N2OS. The van der Waals surface area contributed by atoms with Crippen molar-refractivity contribution in [2.24, 2.45) is 4.99 Å². The summed E-state index contributed by atoms with van der Waals surface area (Å²) in [6.45, 7) is 4.88. The van der Waals surface area contributed by atoms with Gasteiger partial charge in [0, 0.05) is 5.75 Å². The van der Waals surface area contributed by atoms with Crippen molar-refractivity contribution in [3.05, 3.63) is 0 Å². The van der Waals surface area contributed by atoms with E-state index in [2.05, 4.69) is 10.5 Å². The molecule has 0 aromatic carbocycles. The minimum absolute atomic E-state index is 0.0486. The van der Waals surface area contributed by atoms with Crippen LogP contribution < -0.4 is 5.48 Å². The largest absolute Gasteiger partial charge is 0.290 e. The minimum atomic E-state index is -0.0486. The summed E-state index contributed by atoms with van der Waals surface area (Å²) in [6, 6.07) is 0. The molecule has 1 aliphatic rings. The number of rotatable bonds is 0. The molecule has 0 unspecified atom stereocenters. The Hall–Kier alpha value is -0.220. The van der Waals surface area contributed by atoms with E-state index in [1.165, 1.54) is 0 Å². The summed E-state index contributed by atoms with van der Waals surface area (Å²) in [5.74, 6) is 1.72. The molecule has 1 heterocycles. The van der Waals surface area contributed by atoms with E-state index < -0.39 is 0 Å². The summed E-state index contributed by atoms with van der Waals surface area (Å²) < 4.78 is -0.0486. The van der Waals surface area contributed by atoms with E-state index in [0.717, 1.165) is 12.3 Å². The first-order valence-corrected chi connectivity index (χ1v) is 4.24. The third kappa shape index (κ3) is 1.44. The molecule has 1 rings (SSSR count). The molecular weight excluding hydrogens is 148 g/mol. The average molecular weight is 160 g/mol. The van der Waals surface area contributed by atoms with E-state index in [1.807, 2.05) is 13.8 Å². The lowest BCUT2D eigenvalue weighted by atomic mass is 10.2. The first-order chi connectivity index (χ1) is 4.67. The van der Waals surface area contributed by atoms with E-state index in [9.17, 15) is 0 Å². The van der Waals surface area contributed by atoms with E-state index in [-0.39, 0.29) is 4.75 Å². The molecule has 0 amide bonds. The molecule has 0 aliphatic carbocycles. The fourth-order valence-corrected chi connectivity index (χ4v) is 1.83. The van der Waals surface area contributed by atoms with Crippen molar-refractivity contribution >= 4 is 17.6 Å². The van der Waals surface area contributed by atoms with Gasteiger partial charge < -0.3 is 0 Å². The van der Waals surface area contributed by atoms with E-state index in [4.69, 9.17) is 5.21 Å². The fourth-order valence-electron chi connectivity index (χ4n) is 0.887. The Balaban J connectivity index is 2.73. The van der Waals surface area contributed by atoms with E-state index in [1.54, 1.807) is 11.8 Å². The van der Waals surface area contributed by atoms with Gasteiger partial charge in [-0.1, -0.05) is 0 Å². The maximum absolute atomic E-state index is 8.63. The number of nitrogens with zero attached hydrogens (tertiary/aromatic N) is 1. The monoisotopic (exact) mass is 160 g/mol. The first kappa shape index (κ1) is 7.88. The van der Waals surface area contributed by atoms with Crippen molar-refractivity contribution < 1.29 is 5.21 Å². The Morgan fingerprint density at radius 3 is 2.80 bits per heavy atom. The zero-order valence-electron chi connectivity index (χ0n) is 6.22. The second kappa shape index (κ2) is 2.80. The van der Waals surface area contributed by atoms with Crippen LogP contribution in [-0.2, 0) is 0 Å². The van der Waals surface area contributed by atoms with Gasteiger partial charge in [0.2, 0.25) is 0 Å². The highest BCUT2D eigenvalue weighted by atomic mass is 32.2. The van der Waals surface area contributed by atoms with Crippen LogP contribution >= 0.6 is 11.8 Å². The number of amidine groups is 1. The molecule has 2 N–H and O–H groups in total. The minimum Gasteiger partial charge on any atom is -0.290 e. The number of thioether (sulfide) groups is 1. The Bertz CT molecular complexity index is 156. The number of hydrogen-bond acceptors (Lipinski definition) is 4. The van der Waals surface area contributed by atoms with Gasteiger partial charge in [-0.25, -0.2) is 0 Å². The van der Waals surface area contributed by atoms with Gasteiger partial charge in [-0.2, -0.15) is 0 Å². The van der Waals surface area contributed by atoms with Gasteiger partial charge in [-0.3, -0.25) is 15.7 Å². The van der Waals surface area contributed by atoms with Crippen LogP contribution in [0.15, 0.2) is 4.99 Å². The third-order valence-electron chi connectivity index (χ3n) is 1.50. The lowest BCUT2D eigenvalue weighted by Gasteiger charge is -2.28. The smallest absolute Gasteiger partial charge is 0.136 e. The molecule has 3 nitrogen and oxygen atoms in total. The van der Waals surface area contributed by atoms with Crippen molar-refractivity contribution in [2.45, 2.75) is 18.6 Å². The first-order valence-electron chi connectivity index (χ1n) is 3.26. The zero-order valence-corrected chi connectivity index (χ0v) is 7.03. The second-order valence-electron chi connectivity index (χ2n) is 2.70. The Morgan fingerprint density at radius 1 is 1.70 bits per heavy atom. The summed E-state index contributed by atoms with van der Waals surface area (Å²) in [4.78, 5) is 4.14. The topological polar surface area (TPSA) is 44.6 Å². The van der Waals surface area contributed by atoms with Gasteiger partial charge >= 0.3 is 0 Å². The molecule has 0 spiro atoms. The van der Waals surface area contributed by atoms with E-state index in [0.29, 0.717) is 5.84 Å². The van der Waals surface area contributed by atoms with Crippen molar-refractivity contribution in [2.75, 3.05) is 12.3 Å². The van der Waals surface area contributed by atoms with Crippen LogP contribution in [0.4, 0.5) is 0 Å². The summed E-state index contributed by atoms with van der Waals surface area (Å²) in [6.07, 6.45) is 0. The molecule has 0 atom stereocenters. The molecule has 0 saturated heterocycles. The SMILES string of the molecule is CC1(C)SCCN=C1NO. The number of hydroxylamine groups is 1. The predicted molar refractivity (Wildman–Crippen MR) is 43.8 cm³/mol. The number of aliphatic imine (C=N–C) groups is 1. The van der Waals surface area contributed by atoms with Gasteiger partial charge in [-0.05, 0) is 13.8 Å². The normalized spacial score (nSPS) is 23.7. The van der Waals surface area contributed by atoms with Crippen molar-refractivity contribution in [1.82, 2.24) is 5.48 Å². The van der Waals surface area contributed by atoms with Gasteiger partial charge in [-0.15, -0.1) is 11.8 Å². The van der Waals surface area contributed by atoms with Crippen LogP contribution in [0.3, 0.4) is 0 Å². The van der Waals surface area contributed by atoms with Gasteiger partial charge in [0.25, 0.3) is 0 Å². The molecule has 0 bridgehead atoms. The molecule has 0 aromatic heterocycles. The molecule has 0 aromatic rings. The summed E-state index contributed by atoms with van der Waals surface area (Å²) in [7, 11) is 0. The van der Waals surface area contributed by atoms with Crippen molar-refractivity contribution in [1.29, 1.82) is 0 Å². The summed E-state index contributed by atoms with van der Waals surface area (Å²) in [5.41, 5.74) is 2.12. The predicted octanol–water partition coefficient (Wildman–Crippen LogP) is 0.889. The van der Waals surface area contributed by atoms with Crippen LogP contribution in [0.1, 0.15) is 13.8 Å². The Labute approximate surface area is 64.9 Å². The quantitative estimate of drug-likeness (QED) is 0.517. The highest BCUT2D eigenvalue weighted by molar-refractivity contribution is 8.01. The summed E-state index contributed by atoms with van der Waals surface area (Å²) in [5, 5.41) is 8.63. The zero-order chi connectivity index (χ0) is 7.61. The van der Waals surface area contributed by atoms with Crippen LogP contribution in [0.5, 0.6) is 0 Å². The van der Waals surface area contributed by atoms with Crippen molar-refractivity contribution in [3.8, 4) is 0 Å². The summed E-state index contributed by atoms with van der Waals surface area (Å²) >= 11 is 1.80. The van der Waals surface area contributed by atoms with Crippen LogP contribution in [-0.4, -0.2) is 28.1 Å². The lowest BCUT2D eigenvalue weighted by Crippen LogP contribution is -2.41. The Morgan fingerprint density at radius 2 is 2.40 bits per heavy atom. The molecule has 1 aliphatic heterocycles. The van der Waals surface area contributed by atoms with Crippen LogP contribution in [0, 0.1) is 0 Å². The lowest BCUT2D eigenvalue weighted by molar-refractivity contribution is 0.229. The van der Waals surface area contributed by atoms with Crippen LogP contribution in [0.25, 0.3) is 0 Å². The molecule has 4 heteroatoms. The Kier molecular flexibility index (Phi) is 2.21. The molecule has 58 valence electrons. The maximum atomic E-state index is 8.63. The van der Waals surface area contributed by atoms with E-state index >= 15 is 0 Å². The standard InChI is InChI=1S/C6H12N2OS/c1-6(2)5(8-9)7-3-4-10-6/h9H,3-4H2,1-2H3,(H,7,8). The molecule has 0 fully saturated rings. The van der Waals surface area contributed by atoms with Crippen LogP contribution in [0.2, 0.25) is 0 Å². The van der Waals surface area contributed by atoms with Gasteiger partial charge in [0.15, 0.2) is 0 Å². The third-order valence-corrected chi connectivity index (χ3v) is 2.80. The average Bonchev–Trinajstić information content (AvgIpc) is 1.87. The number of nitrogens with one attached hydrogen (secondary N) is 1. The number of hydrogen-bond donors (Lipinski definition) is 2. The maximum Gasteiger partial charge on any atom is 0.136 e. The van der Waals surface area contributed by atoms with Crippen molar-refractivity contribution in [3.63, 3.8) is 0 Å². The highest BCUT2D eigenvalue weighted by Crippen LogP contribution is 2.27. The fraction of sp³-hybridized carbons (Fsp3) is 0.833. The van der Waals surface area contributed by atoms with Gasteiger partial charge in [0.05, 0.1) is 11.3 Å². The van der Waals surface area contributed by atoms with Gasteiger partial charge in [0.1, 0.15) is 5.84 Å². The molecule has 0 saturated carbocycles. The molecule has 0 radical (unpaired) electrons. The molecule has 10 heavy (non-hydrogen) atoms. The highest BCUT2D eigenvalue weighted by Gasteiger charge is 2.27.